The monoisotopic (exact) mass is 343 g/mol. The van der Waals surface area contributed by atoms with Gasteiger partial charge in [0.2, 0.25) is 5.88 Å². The van der Waals surface area contributed by atoms with Crippen molar-refractivity contribution >= 4 is 28.6 Å². The van der Waals surface area contributed by atoms with E-state index in [-0.39, 0.29) is 21.4 Å². The highest BCUT2D eigenvalue weighted by Crippen LogP contribution is 2.28. The van der Waals surface area contributed by atoms with Crippen molar-refractivity contribution in [2.24, 2.45) is 0 Å². The van der Waals surface area contributed by atoms with Crippen LogP contribution >= 0.6 is 22.6 Å². The molecule has 1 N–H and O–H groups in total. The van der Waals surface area contributed by atoms with Crippen LogP contribution in [0.3, 0.4) is 0 Å². The van der Waals surface area contributed by atoms with Gasteiger partial charge in [0, 0.05) is 9.13 Å². The van der Waals surface area contributed by atoms with Gasteiger partial charge in [-0.15, -0.1) is 0 Å². The van der Waals surface area contributed by atoms with Gasteiger partial charge >= 0.3 is 5.97 Å². The second-order valence-electron chi connectivity index (χ2n) is 2.90. The Kier molecular flexibility index (Phi) is 4.39. The molecule has 4 nitrogen and oxygen atoms in total. The van der Waals surface area contributed by atoms with Crippen LogP contribution in [-0.4, -0.2) is 23.2 Å². The fourth-order valence-corrected chi connectivity index (χ4v) is 1.87. The number of carboxylic acids is 1. The number of nitrogens with zero attached hydrogens (tertiary/aromatic N) is 1. The van der Waals surface area contributed by atoms with E-state index < -0.39 is 18.1 Å². The first-order chi connectivity index (χ1) is 7.45. The molecule has 0 aliphatic heterocycles. The maximum absolute atomic E-state index is 12.5. The molecule has 16 heavy (non-hydrogen) atoms. The van der Waals surface area contributed by atoms with E-state index in [9.17, 15) is 13.6 Å². The van der Waals surface area contributed by atoms with E-state index >= 15 is 0 Å². The number of ether oxygens (including phenoxy) is 1. The van der Waals surface area contributed by atoms with Crippen molar-refractivity contribution in [3.8, 4) is 5.88 Å². The van der Waals surface area contributed by atoms with Crippen molar-refractivity contribution < 1.29 is 23.4 Å². The number of halogens is 3. The molecule has 1 rings (SSSR count). The largest absolute Gasteiger partial charge is 0.481 e. The topological polar surface area (TPSA) is 59.4 Å². The number of pyridine rings is 1. The molecule has 0 saturated heterocycles. The Hall–Kier alpha value is -0.990. The number of methoxy groups -OCH3 is 1. The SMILES string of the molecule is COc1nc(C(F)F)c(I)cc1CC(=O)O. The van der Waals surface area contributed by atoms with E-state index in [4.69, 9.17) is 9.84 Å². The van der Waals surface area contributed by atoms with E-state index in [1.165, 1.54) is 13.2 Å². The summed E-state index contributed by atoms with van der Waals surface area (Å²) in [5.74, 6) is -1.14. The number of rotatable bonds is 4. The van der Waals surface area contributed by atoms with Gasteiger partial charge in [-0.05, 0) is 28.7 Å². The molecular weight excluding hydrogens is 335 g/mol. The lowest BCUT2D eigenvalue weighted by atomic mass is 10.2. The standard InChI is InChI=1S/C9H8F2INO3/c1-16-9-4(3-6(14)15)2-5(12)7(13-9)8(10)11/h2,8H,3H2,1H3,(H,14,15). The third-order valence-corrected chi connectivity index (χ3v) is 2.65. The average molecular weight is 343 g/mol. The molecule has 1 aromatic rings. The van der Waals surface area contributed by atoms with Gasteiger partial charge in [-0.2, -0.15) is 0 Å². The van der Waals surface area contributed by atoms with Crippen LogP contribution in [0.5, 0.6) is 5.88 Å². The first kappa shape index (κ1) is 13.1. The number of carbonyl (C=O) groups is 1. The molecule has 0 amide bonds. The molecule has 88 valence electrons. The van der Waals surface area contributed by atoms with Crippen LogP contribution < -0.4 is 4.74 Å². The summed E-state index contributed by atoms with van der Waals surface area (Å²) < 4.78 is 30.0. The third kappa shape index (κ3) is 3.00. The van der Waals surface area contributed by atoms with E-state index in [0.29, 0.717) is 0 Å². The molecule has 1 aromatic heterocycles. The van der Waals surface area contributed by atoms with Gasteiger partial charge in [-0.3, -0.25) is 4.79 Å². The zero-order valence-corrected chi connectivity index (χ0v) is 10.4. The van der Waals surface area contributed by atoms with Gasteiger partial charge in [-0.25, -0.2) is 13.8 Å². The molecule has 0 fully saturated rings. The Labute approximate surface area is 104 Å². The van der Waals surface area contributed by atoms with Crippen LogP contribution in [0, 0.1) is 3.57 Å². The second-order valence-corrected chi connectivity index (χ2v) is 4.06. The highest BCUT2D eigenvalue weighted by molar-refractivity contribution is 14.1. The Balaban J connectivity index is 3.20. The molecule has 0 unspecified atom stereocenters. The molecule has 0 spiro atoms. The van der Waals surface area contributed by atoms with Crippen molar-refractivity contribution in [2.45, 2.75) is 12.8 Å². The van der Waals surface area contributed by atoms with E-state index in [2.05, 4.69) is 4.98 Å². The summed E-state index contributed by atoms with van der Waals surface area (Å²) in [7, 11) is 1.26. The first-order valence-electron chi connectivity index (χ1n) is 4.19. The van der Waals surface area contributed by atoms with E-state index in [1.54, 1.807) is 22.6 Å². The maximum atomic E-state index is 12.5. The minimum Gasteiger partial charge on any atom is -0.481 e. The normalized spacial score (nSPS) is 10.6. The zero-order chi connectivity index (χ0) is 12.3. The summed E-state index contributed by atoms with van der Waals surface area (Å²) in [4.78, 5) is 14.1. The molecule has 0 bridgehead atoms. The van der Waals surface area contributed by atoms with Crippen molar-refractivity contribution in [3.05, 3.63) is 20.9 Å². The Morgan fingerprint density at radius 2 is 2.31 bits per heavy atom. The number of hydrogen-bond acceptors (Lipinski definition) is 3. The number of alkyl halides is 2. The molecule has 0 atom stereocenters. The maximum Gasteiger partial charge on any atom is 0.308 e. The Morgan fingerprint density at radius 1 is 1.69 bits per heavy atom. The van der Waals surface area contributed by atoms with Crippen LogP contribution in [0.4, 0.5) is 8.78 Å². The number of hydrogen-bond donors (Lipinski definition) is 1. The summed E-state index contributed by atoms with van der Waals surface area (Å²) >= 11 is 1.69. The van der Waals surface area contributed by atoms with Gasteiger partial charge in [0.05, 0.1) is 13.5 Å². The molecule has 0 aromatic carbocycles. The van der Waals surface area contributed by atoms with Crippen molar-refractivity contribution in [1.29, 1.82) is 0 Å². The predicted octanol–water partition coefficient (Wildman–Crippen LogP) is 2.26. The van der Waals surface area contributed by atoms with Crippen LogP contribution in [0.15, 0.2) is 6.07 Å². The van der Waals surface area contributed by atoms with Gasteiger partial charge in [0.15, 0.2) is 0 Å². The van der Waals surface area contributed by atoms with E-state index in [0.717, 1.165) is 0 Å². The first-order valence-corrected chi connectivity index (χ1v) is 5.26. The smallest absolute Gasteiger partial charge is 0.308 e. The number of aliphatic carboxylic acids is 1. The summed E-state index contributed by atoms with van der Waals surface area (Å²) in [5, 5.41) is 8.62. The zero-order valence-electron chi connectivity index (χ0n) is 8.21. The average Bonchev–Trinajstić information content (AvgIpc) is 2.16. The van der Waals surface area contributed by atoms with Crippen LogP contribution in [0.1, 0.15) is 17.7 Å². The molecule has 1 heterocycles. The summed E-state index contributed by atoms with van der Waals surface area (Å²) in [6.45, 7) is 0. The second kappa shape index (κ2) is 5.37. The van der Waals surface area contributed by atoms with Gasteiger partial charge in [0.1, 0.15) is 5.69 Å². The highest BCUT2D eigenvalue weighted by Gasteiger charge is 2.19. The fraction of sp³-hybridized carbons (Fsp3) is 0.333. The lowest BCUT2D eigenvalue weighted by Gasteiger charge is -2.09. The fourth-order valence-electron chi connectivity index (χ4n) is 1.14. The van der Waals surface area contributed by atoms with Crippen molar-refractivity contribution in [3.63, 3.8) is 0 Å². The lowest BCUT2D eigenvalue weighted by molar-refractivity contribution is -0.136. The lowest BCUT2D eigenvalue weighted by Crippen LogP contribution is -2.07. The van der Waals surface area contributed by atoms with Gasteiger partial charge in [-0.1, -0.05) is 0 Å². The highest BCUT2D eigenvalue weighted by atomic mass is 127. The minimum atomic E-state index is -2.71. The Morgan fingerprint density at radius 3 is 2.75 bits per heavy atom. The Bertz CT molecular complexity index is 412. The van der Waals surface area contributed by atoms with Crippen molar-refractivity contribution in [1.82, 2.24) is 4.98 Å². The molecule has 0 radical (unpaired) electrons. The molecule has 0 aliphatic rings. The third-order valence-electron chi connectivity index (χ3n) is 1.78. The predicted molar refractivity (Wildman–Crippen MR) is 59.8 cm³/mol. The van der Waals surface area contributed by atoms with Crippen LogP contribution in [0.25, 0.3) is 0 Å². The van der Waals surface area contributed by atoms with Crippen molar-refractivity contribution in [2.75, 3.05) is 7.11 Å². The molecule has 0 saturated carbocycles. The van der Waals surface area contributed by atoms with Crippen LogP contribution in [-0.2, 0) is 11.2 Å². The minimum absolute atomic E-state index is 0.0712. The molecular formula is C9H8F2INO3. The number of aromatic nitrogens is 1. The summed E-state index contributed by atoms with van der Waals surface area (Å²) in [6, 6.07) is 1.35. The van der Waals surface area contributed by atoms with Crippen LogP contribution in [0.2, 0.25) is 0 Å². The summed E-state index contributed by atoms with van der Waals surface area (Å²) in [6.07, 6.45) is -3.02. The van der Waals surface area contributed by atoms with Gasteiger partial charge < -0.3 is 9.84 Å². The van der Waals surface area contributed by atoms with E-state index in [1.807, 2.05) is 0 Å². The summed E-state index contributed by atoms with van der Waals surface area (Å²) in [5.41, 5.74) is -0.115. The molecule has 7 heteroatoms. The number of carboxylic acid groups (broad SMARTS) is 1. The molecule has 0 aliphatic carbocycles. The van der Waals surface area contributed by atoms with Gasteiger partial charge in [0.25, 0.3) is 6.43 Å². The quantitative estimate of drug-likeness (QED) is 0.852.